The molecule has 1 aliphatic rings. The van der Waals surface area contributed by atoms with Crippen molar-refractivity contribution in [3.8, 4) is 17.2 Å². The van der Waals surface area contributed by atoms with E-state index in [1.807, 2.05) is 49.4 Å². The van der Waals surface area contributed by atoms with E-state index in [9.17, 15) is 4.79 Å². The zero-order valence-electron chi connectivity index (χ0n) is 17.7. The van der Waals surface area contributed by atoms with E-state index in [2.05, 4.69) is 25.7 Å². The van der Waals surface area contributed by atoms with Crippen molar-refractivity contribution >= 4 is 11.6 Å². The third-order valence-electron chi connectivity index (χ3n) is 5.49. The lowest BCUT2D eigenvalue weighted by atomic mass is 9.96. The van der Waals surface area contributed by atoms with Gasteiger partial charge in [0.1, 0.15) is 5.75 Å². The van der Waals surface area contributed by atoms with Gasteiger partial charge in [0.2, 0.25) is 5.89 Å². The summed E-state index contributed by atoms with van der Waals surface area (Å²) in [6.45, 7) is 2.15. The number of fused-ring (bicyclic) bond motifs is 1. The van der Waals surface area contributed by atoms with Crippen molar-refractivity contribution in [1.29, 1.82) is 0 Å². The molecule has 32 heavy (non-hydrogen) atoms. The van der Waals surface area contributed by atoms with Crippen LogP contribution in [0.2, 0.25) is 0 Å². The largest absolute Gasteiger partial charge is 0.484 e. The molecule has 5 rings (SSSR count). The van der Waals surface area contributed by atoms with Crippen molar-refractivity contribution in [1.82, 2.24) is 20.4 Å². The summed E-state index contributed by atoms with van der Waals surface area (Å²) in [5, 5.41) is 18.3. The second kappa shape index (κ2) is 8.66. The molecule has 0 fully saturated rings. The van der Waals surface area contributed by atoms with E-state index < -0.39 is 0 Å². The summed E-state index contributed by atoms with van der Waals surface area (Å²) in [5.74, 6) is 1.19. The van der Waals surface area contributed by atoms with E-state index >= 15 is 0 Å². The molecule has 0 atom stereocenters. The molecule has 8 nitrogen and oxygen atoms in total. The average molecular weight is 429 g/mol. The van der Waals surface area contributed by atoms with Crippen molar-refractivity contribution in [2.45, 2.75) is 39.2 Å². The number of amides is 1. The lowest BCUT2D eigenvalue weighted by Crippen LogP contribution is -2.15. The van der Waals surface area contributed by atoms with Crippen molar-refractivity contribution in [2.24, 2.45) is 0 Å². The lowest BCUT2D eigenvalue weighted by molar-refractivity contribution is 0.102. The topological polar surface area (TPSA) is 106 Å². The van der Waals surface area contributed by atoms with Gasteiger partial charge in [-0.15, -0.1) is 10.2 Å². The normalized spacial score (nSPS) is 12.9. The smallest absolute Gasteiger partial charge is 0.276 e. The Morgan fingerprint density at radius 3 is 2.84 bits per heavy atom. The van der Waals surface area contributed by atoms with Crippen molar-refractivity contribution < 1.29 is 13.9 Å². The number of aromatic amines is 1. The van der Waals surface area contributed by atoms with Crippen LogP contribution in [0.3, 0.4) is 0 Å². The quantitative estimate of drug-likeness (QED) is 0.468. The van der Waals surface area contributed by atoms with Crippen LogP contribution in [0.5, 0.6) is 5.75 Å². The van der Waals surface area contributed by atoms with Gasteiger partial charge in [-0.2, -0.15) is 5.10 Å². The zero-order chi connectivity index (χ0) is 21.9. The molecule has 2 aromatic heterocycles. The first kappa shape index (κ1) is 20.0. The Labute approximate surface area is 185 Å². The van der Waals surface area contributed by atoms with Gasteiger partial charge in [0, 0.05) is 28.6 Å². The van der Waals surface area contributed by atoms with Gasteiger partial charge in [0.25, 0.3) is 11.8 Å². The molecule has 0 radical (unpaired) electrons. The molecular formula is C24H23N5O3. The number of carbonyl (C=O) groups is 1. The van der Waals surface area contributed by atoms with Crippen LogP contribution in [0.15, 0.2) is 52.9 Å². The molecule has 4 aromatic rings. The molecule has 0 aliphatic heterocycles. The Bertz CT molecular complexity index is 1240. The molecule has 0 unspecified atom stereocenters. The van der Waals surface area contributed by atoms with E-state index in [4.69, 9.17) is 9.15 Å². The first-order valence-electron chi connectivity index (χ1n) is 10.7. The number of hydrogen-bond acceptors (Lipinski definition) is 6. The minimum atomic E-state index is -0.221. The number of carbonyl (C=O) groups excluding carboxylic acids is 1. The van der Waals surface area contributed by atoms with Gasteiger partial charge in [0.15, 0.2) is 12.3 Å². The maximum Gasteiger partial charge on any atom is 0.276 e. The molecule has 2 aromatic carbocycles. The highest BCUT2D eigenvalue weighted by molar-refractivity contribution is 6.04. The molecule has 0 bridgehead atoms. The zero-order valence-corrected chi connectivity index (χ0v) is 17.7. The molecule has 0 saturated heterocycles. The predicted octanol–water partition coefficient (Wildman–Crippen LogP) is 4.48. The number of hydrogen-bond donors (Lipinski definition) is 2. The van der Waals surface area contributed by atoms with Crippen LogP contribution in [0.25, 0.3) is 11.5 Å². The van der Waals surface area contributed by atoms with Gasteiger partial charge in [-0.1, -0.05) is 23.8 Å². The molecule has 0 spiro atoms. The van der Waals surface area contributed by atoms with E-state index in [1.165, 1.54) is 0 Å². The first-order chi connectivity index (χ1) is 15.7. The minimum Gasteiger partial charge on any atom is -0.484 e. The number of nitrogens with zero attached hydrogens (tertiary/aromatic N) is 3. The number of nitrogens with one attached hydrogen (secondary N) is 2. The Kier molecular flexibility index (Phi) is 5.41. The fraction of sp³-hybridized carbons (Fsp3) is 0.250. The minimum absolute atomic E-state index is 0.128. The predicted molar refractivity (Wildman–Crippen MR) is 118 cm³/mol. The summed E-state index contributed by atoms with van der Waals surface area (Å²) >= 11 is 0. The maximum atomic E-state index is 12.7. The summed E-state index contributed by atoms with van der Waals surface area (Å²) in [6.07, 6.45) is 4.03. The number of ether oxygens (including phenoxy) is 1. The van der Waals surface area contributed by atoms with Crippen LogP contribution in [-0.2, 0) is 19.4 Å². The maximum absolute atomic E-state index is 12.7. The molecule has 8 heteroatoms. The molecular weight excluding hydrogens is 406 g/mol. The first-order valence-corrected chi connectivity index (χ1v) is 10.7. The molecule has 1 amide bonds. The van der Waals surface area contributed by atoms with Crippen LogP contribution in [0.4, 0.5) is 5.69 Å². The molecule has 0 saturated carbocycles. The number of aryl methyl sites for hydroxylation is 2. The Balaban J connectivity index is 1.22. The van der Waals surface area contributed by atoms with Gasteiger partial charge < -0.3 is 14.5 Å². The third-order valence-corrected chi connectivity index (χ3v) is 5.49. The number of aromatic nitrogens is 4. The summed E-state index contributed by atoms with van der Waals surface area (Å²) in [7, 11) is 0. The summed E-state index contributed by atoms with van der Waals surface area (Å²) in [6, 6.07) is 15.1. The Morgan fingerprint density at radius 1 is 1.12 bits per heavy atom. The lowest BCUT2D eigenvalue weighted by Gasteiger charge is -2.11. The second-order valence-electron chi connectivity index (χ2n) is 7.87. The van der Waals surface area contributed by atoms with Crippen LogP contribution in [0.1, 0.15) is 46.0 Å². The number of rotatable bonds is 6. The highest BCUT2D eigenvalue weighted by Crippen LogP contribution is 2.24. The Morgan fingerprint density at radius 2 is 1.97 bits per heavy atom. The molecule has 2 N–H and O–H groups in total. The van der Waals surface area contributed by atoms with Crippen LogP contribution in [0, 0.1) is 6.92 Å². The van der Waals surface area contributed by atoms with Gasteiger partial charge in [-0.3, -0.25) is 9.89 Å². The van der Waals surface area contributed by atoms with Crippen LogP contribution in [-0.4, -0.2) is 26.3 Å². The van der Waals surface area contributed by atoms with Gasteiger partial charge in [-0.25, -0.2) is 0 Å². The standard InChI is InChI=1S/C24H23N5O3/c1-15-9-11-16(12-10-15)24-29-27-21(32-24)14-31-18-6-4-5-17(13-18)25-23(30)22-19-7-2-3-8-20(19)26-28-22/h4-6,9-13H,2-3,7-8,14H2,1H3,(H,25,30)(H,26,28). The number of benzene rings is 2. The van der Waals surface area contributed by atoms with E-state index in [0.29, 0.717) is 28.9 Å². The highest BCUT2D eigenvalue weighted by Gasteiger charge is 2.21. The summed E-state index contributed by atoms with van der Waals surface area (Å²) < 4.78 is 11.5. The number of H-pyrrole nitrogens is 1. The molecule has 162 valence electrons. The molecule has 1 aliphatic carbocycles. The van der Waals surface area contributed by atoms with E-state index in [1.54, 1.807) is 6.07 Å². The summed E-state index contributed by atoms with van der Waals surface area (Å²) in [5.41, 5.74) is 5.23. The fourth-order valence-corrected chi connectivity index (χ4v) is 3.79. The number of anilines is 1. The SMILES string of the molecule is Cc1ccc(-c2nnc(COc3cccc(NC(=O)c4n[nH]c5c4CCCC5)c3)o2)cc1. The third kappa shape index (κ3) is 4.25. The summed E-state index contributed by atoms with van der Waals surface area (Å²) in [4.78, 5) is 12.7. The Hall–Kier alpha value is -3.94. The van der Waals surface area contributed by atoms with Crippen LogP contribution < -0.4 is 10.1 Å². The van der Waals surface area contributed by atoms with Crippen molar-refractivity contribution in [3.05, 3.63) is 76.9 Å². The van der Waals surface area contributed by atoms with Gasteiger partial charge in [-0.05, 0) is 56.9 Å². The second-order valence-corrected chi connectivity index (χ2v) is 7.87. The van der Waals surface area contributed by atoms with Gasteiger partial charge in [0.05, 0.1) is 0 Å². The van der Waals surface area contributed by atoms with E-state index in [-0.39, 0.29) is 12.5 Å². The van der Waals surface area contributed by atoms with Crippen molar-refractivity contribution in [2.75, 3.05) is 5.32 Å². The monoisotopic (exact) mass is 429 g/mol. The van der Waals surface area contributed by atoms with Crippen molar-refractivity contribution in [3.63, 3.8) is 0 Å². The van der Waals surface area contributed by atoms with E-state index in [0.717, 1.165) is 48.1 Å². The highest BCUT2D eigenvalue weighted by atomic mass is 16.5. The van der Waals surface area contributed by atoms with Crippen LogP contribution >= 0.6 is 0 Å². The average Bonchev–Trinajstić information content (AvgIpc) is 3.46. The fourth-order valence-electron chi connectivity index (χ4n) is 3.79. The molecule has 2 heterocycles. The van der Waals surface area contributed by atoms with Gasteiger partial charge >= 0.3 is 0 Å².